The van der Waals surface area contributed by atoms with Crippen LogP contribution in [0.2, 0.25) is 0 Å². The molecule has 35 heavy (non-hydrogen) atoms. The third-order valence-corrected chi connectivity index (χ3v) is 7.23. The third kappa shape index (κ3) is 5.00. The lowest BCUT2D eigenvalue weighted by Gasteiger charge is -2.37. The van der Waals surface area contributed by atoms with Crippen LogP contribution >= 0.6 is 11.8 Å². The van der Waals surface area contributed by atoms with Crippen molar-refractivity contribution in [3.63, 3.8) is 0 Å². The number of fused-ring (bicyclic) bond motifs is 1. The molecule has 2 aliphatic rings. The summed E-state index contributed by atoms with van der Waals surface area (Å²) in [6, 6.07) is 17.5. The van der Waals surface area contributed by atoms with Crippen LogP contribution in [0, 0.1) is 0 Å². The smallest absolute Gasteiger partial charge is 0.267 e. The van der Waals surface area contributed by atoms with E-state index in [1.165, 1.54) is 11.8 Å². The summed E-state index contributed by atoms with van der Waals surface area (Å²) in [5.41, 5.74) is 2.16. The Morgan fingerprint density at radius 2 is 1.66 bits per heavy atom. The van der Waals surface area contributed by atoms with Gasteiger partial charge in [0.25, 0.3) is 5.91 Å². The van der Waals surface area contributed by atoms with E-state index in [0.29, 0.717) is 43.4 Å². The standard InChI is InChI=1S/C26H28N4O4S/c1-2-30-20(19-8-4-3-5-9-19)16-27-26(30)35-18-24(31)28-12-14-29(15-13-28)25(32)23-17-33-21-10-6-7-11-22(21)34-23/h3-11,16,23H,2,12-15,17-18H2,1H3/t23-/m1/s1. The van der Waals surface area contributed by atoms with E-state index >= 15 is 0 Å². The molecule has 1 atom stereocenters. The number of aromatic nitrogens is 2. The summed E-state index contributed by atoms with van der Waals surface area (Å²) in [6.07, 6.45) is 1.21. The lowest BCUT2D eigenvalue weighted by Crippen LogP contribution is -2.55. The van der Waals surface area contributed by atoms with Crippen molar-refractivity contribution in [2.75, 3.05) is 38.5 Å². The van der Waals surface area contributed by atoms with Gasteiger partial charge in [-0.3, -0.25) is 9.59 Å². The van der Waals surface area contributed by atoms with E-state index in [2.05, 4.69) is 28.6 Å². The predicted molar refractivity (Wildman–Crippen MR) is 134 cm³/mol. The number of carbonyl (C=O) groups is 2. The van der Waals surface area contributed by atoms with Gasteiger partial charge in [-0.15, -0.1) is 0 Å². The number of hydrogen-bond donors (Lipinski definition) is 0. The summed E-state index contributed by atoms with van der Waals surface area (Å²) >= 11 is 1.46. The number of para-hydroxylation sites is 2. The second kappa shape index (κ2) is 10.4. The molecule has 0 bridgehead atoms. The number of ether oxygens (including phenoxy) is 2. The Balaban J connectivity index is 1.13. The molecule has 8 nitrogen and oxygen atoms in total. The average Bonchev–Trinajstić information content (AvgIpc) is 3.34. The van der Waals surface area contributed by atoms with Crippen LogP contribution in [-0.4, -0.2) is 75.8 Å². The molecule has 0 radical (unpaired) electrons. The van der Waals surface area contributed by atoms with Crippen molar-refractivity contribution in [3.8, 4) is 22.8 Å². The molecule has 0 spiro atoms. The second-order valence-corrected chi connectivity index (χ2v) is 9.34. The minimum absolute atomic E-state index is 0.0557. The van der Waals surface area contributed by atoms with Crippen LogP contribution in [-0.2, 0) is 16.1 Å². The Morgan fingerprint density at radius 3 is 2.40 bits per heavy atom. The normalized spacial score (nSPS) is 17.3. The molecule has 2 aromatic carbocycles. The van der Waals surface area contributed by atoms with Gasteiger partial charge in [0.1, 0.15) is 6.61 Å². The first kappa shape index (κ1) is 23.3. The quantitative estimate of drug-likeness (QED) is 0.492. The summed E-state index contributed by atoms with van der Waals surface area (Å²) in [5, 5.41) is 0.836. The van der Waals surface area contributed by atoms with Crippen molar-refractivity contribution in [2.45, 2.75) is 24.7 Å². The summed E-state index contributed by atoms with van der Waals surface area (Å²) in [4.78, 5) is 34.0. The Morgan fingerprint density at radius 1 is 0.971 bits per heavy atom. The summed E-state index contributed by atoms with van der Waals surface area (Å²) in [6.45, 7) is 5.03. The molecule has 3 heterocycles. The summed E-state index contributed by atoms with van der Waals surface area (Å²) in [7, 11) is 0. The summed E-state index contributed by atoms with van der Waals surface area (Å²) < 4.78 is 13.7. The largest absolute Gasteiger partial charge is 0.485 e. The van der Waals surface area contributed by atoms with Crippen molar-refractivity contribution in [1.29, 1.82) is 0 Å². The highest BCUT2D eigenvalue weighted by molar-refractivity contribution is 7.99. The molecule has 3 aromatic rings. The first-order valence-corrected chi connectivity index (χ1v) is 12.8. The Labute approximate surface area is 208 Å². The molecule has 1 saturated heterocycles. The average molecular weight is 493 g/mol. The van der Waals surface area contributed by atoms with Crippen LogP contribution < -0.4 is 9.47 Å². The van der Waals surface area contributed by atoms with E-state index in [-0.39, 0.29) is 18.4 Å². The molecule has 0 saturated carbocycles. The highest BCUT2D eigenvalue weighted by atomic mass is 32.2. The number of thioether (sulfide) groups is 1. The highest BCUT2D eigenvalue weighted by Gasteiger charge is 2.33. The first-order valence-electron chi connectivity index (χ1n) is 11.8. The van der Waals surface area contributed by atoms with E-state index < -0.39 is 6.10 Å². The number of rotatable bonds is 6. The van der Waals surface area contributed by atoms with Gasteiger partial charge < -0.3 is 23.8 Å². The van der Waals surface area contributed by atoms with Crippen molar-refractivity contribution < 1.29 is 19.1 Å². The molecule has 182 valence electrons. The Hall–Kier alpha value is -3.46. The maximum absolute atomic E-state index is 12.9. The predicted octanol–water partition coefficient (Wildman–Crippen LogP) is 3.17. The van der Waals surface area contributed by atoms with Gasteiger partial charge in [0.05, 0.1) is 17.6 Å². The van der Waals surface area contributed by atoms with Crippen LogP contribution in [0.15, 0.2) is 66.0 Å². The zero-order valence-electron chi connectivity index (χ0n) is 19.6. The molecule has 2 aliphatic heterocycles. The number of imidazole rings is 1. The van der Waals surface area contributed by atoms with Gasteiger partial charge in [0, 0.05) is 32.7 Å². The van der Waals surface area contributed by atoms with Crippen molar-refractivity contribution >= 4 is 23.6 Å². The Bertz CT molecular complexity index is 1190. The van der Waals surface area contributed by atoms with Gasteiger partial charge in [-0.25, -0.2) is 4.98 Å². The van der Waals surface area contributed by atoms with Gasteiger partial charge in [-0.2, -0.15) is 0 Å². The van der Waals surface area contributed by atoms with E-state index in [1.807, 2.05) is 47.5 Å². The van der Waals surface area contributed by atoms with Crippen molar-refractivity contribution in [3.05, 3.63) is 60.8 Å². The van der Waals surface area contributed by atoms with E-state index in [0.717, 1.165) is 23.0 Å². The lowest BCUT2D eigenvalue weighted by molar-refractivity contribution is -0.145. The fraction of sp³-hybridized carbons (Fsp3) is 0.346. The molecule has 0 unspecified atom stereocenters. The number of piperazine rings is 1. The van der Waals surface area contributed by atoms with Gasteiger partial charge >= 0.3 is 0 Å². The molecule has 2 amide bonds. The van der Waals surface area contributed by atoms with E-state index in [9.17, 15) is 9.59 Å². The second-order valence-electron chi connectivity index (χ2n) is 8.40. The molecule has 0 N–H and O–H groups in total. The van der Waals surface area contributed by atoms with Gasteiger partial charge in [-0.05, 0) is 24.6 Å². The highest BCUT2D eigenvalue weighted by Crippen LogP contribution is 2.31. The number of amides is 2. The number of benzene rings is 2. The Kier molecular flexibility index (Phi) is 6.94. The number of nitrogens with zero attached hydrogens (tertiary/aromatic N) is 4. The third-order valence-electron chi connectivity index (χ3n) is 6.26. The van der Waals surface area contributed by atoms with Crippen LogP contribution in [0.1, 0.15) is 6.92 Å². The maximum Gasteiger partial charge on any atom is 0.267 e. The first-order chi connectivity index (χ1) is 17.1. The summed E-state index contributed by atoms with van der Waals surface area (Å²) in [5.74, 6) is 1.52. The molecule has 1 fully saturated rings. The molecular formula is C26H28N4O4S. The van der Waals surface area contributed by atoms with Gasteiger partial charge in [-0.1, -0.05) is 54.2 Å². The zero-order valence-corrected chi connectivity index (χ0v) is 20.4. The minimum atomic E-state index is -0.658. The van der Waals surface area contributed by atoms with Gasteiger partial charge in [0.15, 0.2) is 16.7 Å². The SMILES string of the molecule is CCn1c(-c2ccccc2)cnc1SCC(=O)N1CCN(C(=O)[C@H]2COc3ccccc3O2)CC1. The van der Waals surface area contributed by atoms with E-state index in [1.54, 1.807) is 11.0 Å². The zero-order chi connectivity index (χ0) is 24.2. The van der Waals surface area contributed by atoms with Crippen LogP contribution in [0.4, 0.5) is 0 Å². The number of hydrogen-bond acceptors (Lipinski definition) is 6. The van der Waals surface area contributed by atoms with Crippen molar-refractivity contribution in [2.24, 2.45) is 0 Å². The van der Waals surface area contributed by atoms with Crippen LogP contribution in [0.3, 0.4) is 0 Å². The van der Waals surface area contributed by atoms with E-state index in [4.69, 9.17) is 9.47 Å². The fourth-order valence-corrected chi connectivity index (χ4v) is 5.30. The molecule has 9 heteroatoms. The van der Waals surface area contributed by atoms with Gasteiger partial charge in [0.2, 0.25) is 12.0 Å². The monoisotopic (exact) mass is 492 g/mol. The molecule has 1 aromatic heterocycles. The topological polar surface area (TPSA) is 76.9 Å². The molecular weight excluding hydrogens is 464 g/mol. The lowest BCUT2D eigenvalue weighted by atomic mass is 10.2. The molecule has 0 aliphatic carbocycles. The molecule has 5 rings (SSSR count). The number of carbonyl (C=O) groups excluding carboxylic acids is 2. The maximum atomic E-state index is 12.9. The fourth-order valence-electron chi connectivity index (χ4n) is 4.36. The minimum Gasteiger partial charge on any atom is -0.485 e. The van der Waals surface area contributed by atoms with Crippen molar-refractivity contribution in [1.82, 2.24) is 19.4 Å². The van der Waals surface area contributed by atoms with Crippen LogP contribution in [0.25, 0.3) is 11.3 Å². The van der Waals surface area contributed by atoms with Crippen LogP contribution in [0.5, 0.6) is 11.5 Å².